The third kappa shape index (κ3) is 4.07. The van der Waals surface area contributed by atoms with Crippen LogP contribution in [0.3, 0.4) is 0 Å². The van der Waals surface area contributed by atoms with E-state index in [4.69, 9.17) is 18.0 Å². The standard InChI is InChI=1S/C13H19N3OS/c1-9(2)16(8-7-12(14)18)13(17)11-6-4-5-10(3)15-11/h4-6,9H,7-8H2,1-3H3,(H2,14,18). The van der Waals surface area contributed by atoms with E-state index in [1.165, 1.54) is 0 Å². The van der Waals surface area contributed by atoms with Gasteiger partial charge in [-0.1, -0.05) is 18.3 Å². The number of hydrogen-bond donors (Lipinski definition) is 1. The van der Waals surface area contributed by atoms with E-state index < -0.39 is 0 Å². The number of nitrogens with zero attached hydrogens (tertiary/aromatic N) is 2. The molecule has 1 heterocycles. The molecule has 0 radical (unpaired) electrons. The van der Waals surface area contributed by atoms with Crippen LogP contribution in [0.5, 0.6) is 0 Å². The van der Waals surface area contributed by atoms with Gasteiger partial charge in [0.1, 0.15) is 5.69 Å². The summed E-state index contributed by atoms with van der Waals surface area (Å²) in [5, 5.41) is 0. The number of aromatic nitrogens is 1. The fraction of sp³-hybridized carbons (Fsp3) is 0.462. The zero-order valence-corrected chi connectivity index (χ0v) is 11.8. The molecule has 98 valence electrons. The summed E-state index contributed by atoms with van der Waals surface area (Å²) < 4.78 is 0. The molecule has 1 aromatic rings. The number of pyridine rings is 1. The number of thiocarbonyl (C=S) groups is 1. The van der Waals surface area contributed by atoms with Crippen LogP contribution in [0.1, 0.15) is 36.5 Å². The van der Waals surface area contributed by atoms with Crippen LogP contribution in [0.25, 0.3) is 0 Å². The summed E-state index contributed by atoms with van der Waals surface area (Å²) in [5.41, 5.74) is 6.78. The maximum absolute atomic E-state index is 12.3. The second-order valence-electron chi connectivity index (χ2n) is 4.47. The second-order valence-corrected chi connectivity index (χ2v) is 5.00. The first-order chi connectivity index (χ1) is 8.41. The number of rotatable bonds is 5. The Morgan fingerprint density at radius 2 is 2.17 bits per heavy atom. The summed E-state index contributed by atoms with van der Waals surface area (Å²) in [6.07, 6.45) is 0.533. The molecule has 0 aliphatic heterocycles. The SMILES string of the molecule is Cc1cccc(C(=O)N(CCC(N)=S)C(C)C)n1. The van der Waals surface area contributed by atoms with Gasteiger partial charge in [0.25, 0.3) is 5.91 Å². The van der Waals surface area contributed by atoms with Crippen molar-refractivity contribution in [1.29, 1.82) is 0 Å². The minimum absolute atomic E-state index is 0.0787. The molecule has 4 nitrogen and oxygen atoms in total. The number of carbonyl (C=O) groups is 1. The summed E-state index contributed by atoms with van der Waals surface area (Å²) in [6.45, 7) is 6.33. The van der Waals surface area contributed by atoms with Crippen molar-refractivity contribution in [1.82, 2.24) is 9.88 Å². The maximum Gasteiger partial charge on any atom is 0.272 e. The highest BCUT2D eigenvalue weighted by molar-refractivity contribution is 7.80. The predicted octanol–water partition coefficient (Wildman–Crippen LogP) is 1.92. The largest absolute Gasteiger partial charge is 0.393 e. The van der Waals surface area contributed by atoms with Gasteiger partial charge in [-0.05, 0) is 32.9 Å². The van der Waals surface area contributed by atoms with Gasteiger partial charge in [-0.25, -0.2) is 4.98 Å². The lowest BCUT2D eigenvalue weighted by molar-refractivity contribution is 0.0705. The molecular weight excluding hydrogens is 246 g/mol. The Labute approximate surface area is 113 Å². The van der Waals surface area contributed by atoms with E-state index in [0.717, 1.165) is 5.69 Å². The van der Waals surface area contributed by atoms with Crippen LogP contribution < -0.4 is 5.73 Å². The average molecular weight is 265 g/mol. The quantitative estimate of drug-likeness (QED) is 0.826. The van der Waals surface area contributed by atoms with E-state index >= 15 is 0 Å². The number of nitrogens with two attached hydrogens (primary N) is 1. The molecule has 1 amide bonds. The molecule has 18 heavy (non-hydrogen) atoms. The lowest BCUT2D eigenvalue weighted by Gasteiger charge is -2.26. The predicted molar refractivity (Wildman–Crippen MR) is 76.5 cm³/mol. The monoisotopic (exact) mass is 265 g/mol. The third-order valence-corrected chi connectivity index (χ3v) is 2.79. The van der Waals surface area contributed by atoms with Crippen molar-refractivity contribution in [3.05, 3.63) is 29.6 Å². The van der Waals surface area contributed by atoms with Crippen LogP contribution in [-0.4, -0.2) is 33.4 Å². The van der Waals surface area contributed by atoms with E-state index in [-0.39, 0.29) is 11.9 Å². The Balaban J connectivity index is 2.85. The van der Waals surface area contributed by atoms with Gasteiger partial charge in [-0.3, -0.25) is 4.79 Å². The fourth-order valence-corrected chi connectivity index (χ4v) is 1.73. The summed E-state index contributed by atoms with van der Waals surface area (Å²) in [5.74, 6) is -0.0787. The first kappa shape index (κ1) is 14.6. The minimum Gasteiger partial charge on any atom is -0.393 e. The molecule has 1 aromatic heterocycles. The van der Waals surface area contributed by atoms with Crippen molar-refractivity contribution in [2.45, 2.75) is 33.2 Å². The van der Waals surface area contributed by atoms with Crippen LogP contribution in [0, 0.1) is 6.92 Å². The Hall–Kier alpha value is -1.49. The van der Waals surface area contributed by atoms with Gasteiger partial charge in [0.05, 0.1) is 4.99 Å². The lowest BCUT2D eigenvalue weighted by Crippen LogP contribution is -2.39. The van der Waals surface area contributed by atoms with Gasteiger partial charge in [-0.15, -0.1) is 0 Å². The number of hydrogen-bond acceptors (Lipinski definition) is 3. The van der Waals surface area contributed by atoms with Gasteiger partial charge >= 0.3 is 0 Å². The number of carbonyl (C=O) groups excluding carboxylic acids is 1. The van der Waals surface area contributed by atoms with Gasteiger partial charge in [0.15, 0.2) is 0 Å². The Morgan fingerprint density at radius 3 is 2.67 bits per heavy atom. The summed E-state index contributed by atoms with van der Waals surface area (Å²) in [4.78, 5) is 18.7. The molecule has 0 aliphatic rings. The smallest absolute Gasteiger partial charge is 0.272 e. The van der Waals surface area contributed by atoms with Gasteiger partial charge in [0, 0.05) is 24.7 Å². The van der Waals surface area contributed by atoms with Gasteiger partial charge in [-0.2, -0.15) is 0 Å². The fourth-order valence-electron chi connectivity index (χ4n) is 1.63. The molecule has 0 bridgehead atoms. The van der Waals surface area contributed by atoms with E-state index in [9.17, 15) is 4.79 Å². The number of aryl methyl sites for hydroxylation is 1. The molecule has 0 atom stereocenters. The highest BCUT2D eigenvalue weighted by Crippen LogP contribution is 2.08. The average Bonchev–Trinajstić information content (AvgIpc) is 2.28. The van der Waals surface area contributed by atoms with Crippen LogP contribution >= 0.6 is 12.2 Å². The van der Waals surface area contributed by atoms with Crippen molar-refractivity contribution in [2.24, 2.45) is 5.73 Å². The van der Waals surface area contributed by atoms with E-state index in [1.54, 1.807) is 11.0 Å². The molecule has 0 saturated heterocycles. The molecule has 0 saturated carbocycles. The highest BCUT2D eigenvalue weighted by Gasteiger charge is 2.19. The van der Waals surface area contributed by atoms with Crippen molar-refractivity contribution in [2.75, 3.05) is 6.54 Å². The van der Waals surface area contributed by atoms with Crippen LogP contribution in [0.2, 0.25) is 0 Å². The van der Waals surface area contributed by atoms with Crippen LogP contribution in [-0.2, 0) is 0 Å². The van der Waals surface area contributed by atoms with E-state index in [0.29, 0.717) is 23.6 Å². The Morgan fingerprint density at radius 1 is 1.50 bits per heavy atom. The molecule has 0 fully saturated rings. The molecule has 0 spiro atoms. The maximum atomic E-state index is 12.3. The molecule has 0 aromatic carbocycles. The molecular formula is C13H19N3OS. The first-order valence-corrected chi connectivity index (χ1v) is 6.35. The van der Waals surface area contributed by atoms with Gasteiger partial charge < -0.3 is 10.6 Å². The molecule has 0 unspecified atom stereocenters. The molecule has 0 aliphatic carbocycles. The minimum atomic E-state index is -0.0787. The van der Waals surface area contributed by atoms with Crippen LogP contribution in [0.15, 0.2) is 18.2 Å². The van der Waals surface area contributed by atoms with Crippen LogP contribution in [0.4, 0.5) is 0 Å². The van der Waals surface area contributed by atoms with E-state index in [1.807, 2.05) is 32.9 Å². The number of amides is 1. The zero-order valence-electron chi connectivity index (χ0n) is 11.0. The topological polar surface area (TPSA) is 59.2 Å². The normalized spacial score (nSPS) is 10.4. The first-order valence-electron chi connectivity index (χ1n) is 5.94. The van der Waals surface area contributed by atoms with Crippen molar-refractivity contribution >= 4 is 23.1 Å². The van der Waals surface area contributed by atoms with Crippen molar-refractivity contribution in [3.8, 4) is 0 Å². The summed E-state index contributed by atoms with van der Waals surface area (Å²) >= 11 is 4.85. The molecule has 1 rings (SSSR count). The molecule has 5 heteroatoms. The Bertz CT molecular complexity index is 446. The zero-order chi connectivity index (χ0) is 13.7. The van der Waals surface area contributed by atoms with Gasteiger partial charge in [0.2, 0.25) is 0 Å². The lowest BCUT2D eigenvalue weighted by atomic mass is 10.2. The second kappa shape index (κ2) is 6.44. The third-order valence-electron chi connectivity index (χ3n) is 2.59. The molecule has 2 N–H and O–H groups in total. The van der Waals surface area contributed by atoms with Crippen molar-refractivity contribution in [3.63, 3.8) is 0 Å². The highest BCUT2D eigenvalue weighted by atomic mass is 32.1. The van der Waals surface area contributed by atoms with E-state index in [2.05, 4.69) is 4.98 Å². The van der Waals surface area contributed by atoms with Crippen molar-refractivity contribution < 1.29 is 4.79 Å². The Kier molecular flexibility index (Phi) is 5.22. The summed E-state index contributed by atoms with van der Waals surface area (Å²) in [6, 6.07) is 5.52. The summed E-state index contributed by atoms with van der Waals surface area (Å²) in [7, 11) is 0.